The number of hydrogen-bond acceptors (Lipinski definition) is 2. The maximum Gasteiger partial charge on any atom is 0.428 e. The molecule has 1 aromatic rings. The molecule has 0 N–H and O–H groups in total. The van der Waals surface area contributed by atoms with Crippen LogP contribution in [0.2, 0.25) is 5.02 Å². The van der Waals surface area contributed by atoms with Crippen LogP contribution in [0.15, 0.2) is 23.4 Å². The van der Waals surface area contributed by atoms with Gasteiger partial charge in [-0.15, -0.1) is 0 Å². The van der Waals surface area contributed by atoms with Gasteiger partial charge >= 0.3 is 12.4 Å². The third-order valence-corrected chi connectivity index (χ3v) is 2.81. The van der Waals surface area contributed by atoms with Crippen LogP contribution in [-0.2, 0) is 11.0 Å². The highest BCUT2D eigenvalue weighted by Gasteiger charge is 2.46. The lowest BCUT2D eigenvalue weighted by Crippen LogP contribution is -2.28. The Morgan fingerprint density at radius 3 is 2.25 bits per heavy atom. The topological polar surface area (TPSA) is 21.6 Å². The van der Waals surface area contributed by atoms with Crippen molar-refractivity contribution in [1.29, 1.82) is 0 Å². The Bertz CT molecular complexity index is 551. The van der Waals surface area contributed by atoms with E-state index in [1.165, 1.54) is 0 Å². The summed E-state index contributed by atoms with van der Waals surface area (Å²) in [5.41, 5.74) is -1.42. The molecular weight excluding hydrogens is 312 g/mol. The van der Waals surface area contributed by atoms with Crippen LogP contribution in [0.25, 0.3) is 0 Å². The molecule has 1 atom stereocenters. The van der Waals surface area contributed by atoms with Gasteiger partial charge in [-0.25, -0.2) is 0 Å². The molecule has 0 bridgehead atoms. The van der Waals surface area contributed by atoms with E-state index in [9.17, 15) is 26.3 Å². The molecule has 0 saturated carbocycles. The third kappa shape index (κ3) is 3.17. The first-order chi connectivity index (χ1) is 9.07. The molecule has 0 radical (unpaired) electrons. The van der Waals surface area contributed by atoms with E-state index in [1.807, 2.05) is 0 Å². The third-order valence-electron chi connectivity index (χ3n) is 2.59. The fourth-order valence-electron chi connectivity index (χ4n) is 1.64. The fourth-order valence-corrected chi connectivity index (χ4v) is 1.88. The van der Waals surface area contributed by atoms with E-state index in [-0.39, 0.29) is 16.3 Å². The van der Waals surface area contributed by atoms with Crippen molar-refractivity contribution in [2.45, 2.75) is 24.9 Å². The number of nitrogens with zero attached hydrogens (tertiary/aromatic N) is 1. The summed E-state index contributed by atoms with van der Waals surface area (Å²) in [6.45, 7) is 0. The van der Waals surface area contributed by atoms with E-state index < -0.39 is 30.4 Å². The van der Waals surface area contributed by atoms with Crippen molar-refractivity contribution < 1.29 is 31.2 Å². The first-order valence-electron chi connectivity index (χ1n) is 5.25. The first-order valence-corrected chi connectivity index (χ1v) is 5.63. The molecule has 1 unspecified atom stereocenters. The summed E-state index contributed by atoms with van der Waals surface area (Å²) in [5.74, 6) is 0. The maximum absolute atomic E-state index is 12.6. The van der Waals surface area contributed by atoms with Crippen molar-refractivity contribution in [3.63, 3.8) is 0 Å². The molecular formula is C11H6ClF6NO. The summed E-state index contributed by atoms with van der Waals surface area (Å²) in [5, 5.41) is 2.95. The van der Waals surface area contributed by atoms with Gasteiger partial charge in [-0.2, -0.15) is 26.3 Å². The van der Waals surface area contributed by atoms with E-state index in [0.717, 1.165) is 6.07 Å². The van der Waals surface area contributed by atoms with Gasteiger partial charge in [-0.1, -0.05) is 16.8 Å². The number of halogens is 7. The van der Waals surface area contributed by atoms with Crippen LogP contribution in [0, 0.1) is 0 Å². The smallest absolute Gasteiger partial charge is 0.382 e. The van der Waals surface area contributed by atoms with E-state index in [2.05, 4.69) is 9.99 Å². The number of oxime groups is 1. The standard InChI is InChI=1S/C11H6ClF6NO/c12-7-2-5(1-6(3-7)10(13,14)15)8-4-9(20-19-8)11(16,17)18/h1-3,9H,4H2. The Morgan fingerprint density at radius 2 is 1.75 bits per heavy atom. The van der Waals surface area contributed by atoms with Gasteiger partial charge in [0.15, 0.2) is 0 Å². The Kier molecular flexibility index (Phi) is 3.62. The largest absolute Gasteiger partial charge is 0.428 e. The second-order valence-corrected chi connectivity index (χ2v) is 4.54. The number of hydrogen-bond donors (Lipinski definition) is 0. The number of benzene rings is 1. The summed E-state index contributed by atoms with van der Waals surface area (Å²) < 4.78 is 75.0. The lowest BCUT2D eigenvalue weighted by atomic mass is 10.0. The minimum atomic E-state index is -4.65. The van der Waals surface area contributed by atoms with E-state index in [0.29, 0.717) is 12.1 Å². The van der Waals surface area contributed by atoms with E-state index in [1.54, 1.807) is 0 Å². The van der Waals surface area contributed by atoms with Gasteiger partial charge < -0.3 is 4.84 Å². The Morgan fingerprint density at radius 1 is 1.10 bits per heavy atom. The quantitative estimate of drug-likeness (QED) is 0.703. The lowest BCUT2D eigenvalue weighted by Gasteiger charge is -2.12. The highest BCUT2D eigenvalue weighted by molar-refractivity contribution is 6.31. The minimum Gasteiger partial charge on any atom is -0.382 e. The predicted molar refractivity (Wildman–Crippen MR) is 58.5 cm³/mol. The summed E-state index contributed by atoms with van der Waals surface area (Å²) in [7, 11) is 0. The van der Waals surface area contributed by atoms with Crippen molar-refractivity contribution in [3.8, 4) is 0 Å². The molecule has 9 heteroatoms. The van der Waals surface area contributed by atoms with Gasteiger partial charge in [0.25, 0.3) is 0 Å². The molecule has 1 aromatic carbocycles. The van der Waals surface area contributed by atoms with Crippen molar-refractivity contribution in [1.82, 2.24) is 0 Å². The van der Waals surface area contributed by atoms with Crippen LogP contribution in [0.5, 0.6) is 0 Å². The van der Waals surface area contributed by atoms with Crippen molar-refractivity contribution in [3.05, 3.63) is 34.3 Å². The van der Waals surface area contributed by atoms with Gasteiger partial charge in [0.2, 0.25) is 6.10 Å². The average Bonchev–Trinajstić information content (AvgIpc) is 2.75. The summed E-state index contributed by atoms with van der Waals surface area (Å²) in [6.07, 6.45) is -12.1. The molecule has 20 heavy (non-hydrogen) atoms. The van der Waals surface area contributed by atoms with Crippen molar-refractivity contribution in [2.75, 3.05) is 0 Å². The van der Waals surface area contributed by atoms with E-state index >= 15 is 0 Å². The van der Waals surface area contributed by atoms with Crippen LogP contribution in [0.1, 0.15) is 17.5 Å². The van der Waals surface area contributed by atoms with Crippen LogP contribution in [0.4, 0.5) is 26.3 Å². The molecule has 2 nitrogen and oxygen atoms in total. The molecule has 1 aliphatic rings. The Labute approximate surface area is 114 Å². The molecule has 2 rings (SSSR count). The fraction of sp³-hybridized carbons (Fsp3) is 0.364. The summed E-state index contributed by atoms with van der Waals surface area (Å²) in [6, 6.07) is 2.48. The second-order valence-electron chi connectivity index (χ2n) is 4.10. The summed E-state index contributed by atoms with van der Waals surface area (Å²) >= 11 is 5.54. The highest BCUT2D eigenvalue weighted by Crippen LogP contribution is 2.35. The minimum absolute atomic E-state index is 0.142. The van der Waals surface area contributed by atoms with Gasteiger partial charge in [-0.3, -0.25) is 0 Å². The molecule has 0 aromatic heterocycles. The Hall–Kier alpha value is -1.44. The second kappa shape index (κ2) is 4.83. The molecule has 110 valence electrons. The normalized spacial score (nSPS) is 19.8. The molecule has 0 spiro atoms. The predicted octanol–water partition coefficient (Wildman–Crippen LogP) is 4.41. The zero-order valence-electron chi connectivity index (χ0n) is 9.52. The number of alkyl halides is 6. The lowest BCUT2D eigenvalue weighted by molar-refractivity contribution is -0.212. The summed E-state index contributed by atoms with van der Waals surface area (Å²) in [4.78, 5) is 4.19. The SMILES string of the molecule is FC(F)(F)c1cc(Cl)cc(C2=NOC(C(F)(F)F)C2)c1. The maximum atomic E-state index is 12.6. The molecule has 0 amide bonds. The Balaban J connectivity index is 2.29. The first kappa shape index (κ1) is 15.0. The van der Waals surface area contributed by atoms with Gasteiger partial charge in [0.1, 0.15) is 0 Å². The zero-order chi connectivity index (χ0) is 15.1. The molecule has 0 saturated heterocycles. The zero-order valence-corrected chi connectivity index (χ0v) is 10.3. The van der Waals surface area contributed by atoms with Crippen LogP contribution < -0.4 is 0 Å². The number of rotatable bonds is 1. The molecule has 0 aliphatic carbocycles. The van der Waals surface area contributed by atoms with Gasteiger partial charge in [0, 0.05) is 17.0 Å². The van der Waals surface area contributed by atoms with Gasteiger partial charge in [0.05, 0.1) is 11.3 Å². The highest BCUT2D eigenvalue weighted by atomic mass is 35.5. The molecule has 0 fully saturated rings. The molecule has 1 aliphatic heterocycles. The van der Waals surface area contributed by atoms with Crippen LogP contribution in [0.3, 0.4) is 0 Å². The van der Waals surface area contributed by atoms with Crippen molar-refractivity contribution >= 4 is 17.3 Å². The van der Waals surface area contributed by atoms with Crippen LogP contribution >= 0.6 is 11.6 Å². The average molecular weight is 318 g/mol. The van der Waals surface area contributed by atoms with Crippen LogP contribution in [-0.4, -0.2) is 18.0 Å². The monoisotopic (exact) mass is 317 g/mol. The van der Waals surface area contributed by atoms with E-state index in [4.69, 9.17) is 11.6 Å². The van der Waals surface area contributed by atoms with Gasteiger partial charge in [-0.05, 0) is 18.2 Å². The molecule has 1 heterocycles. The van der Waals surface area contributed by atoms with Crippen molar-refractivity contribution in [2.24, 2.45) is 5.16 Å².